The van der Waals surface area contributed by atoms with Crippen molar-refractivity contribution >= 4 is 59.1 Å². The maximum atomic E-state index is 13.9. The third-order valence-corrected chi connectivity index (χ3v) is 12.4. The van der Waals surface area contributed by atoms with Crippen molar-refractivity contribution in [1.82, 2.24) is 42.1 Å². The number of carboxylic acid groups (broad SMARTS) is 1. The van der Waals surface area contributed by atoms with Gasteiger partial charge in [-0.3, -0.25) is 43.2 Å². The molecule has 1 aliphatic heterocycles. The van der Waals surface area contributed by atoms with Crippen LogP contribution in [0.3, 0.4) is 0 Å². The van der Waals surface area contributed by atoms with Crippen molar-refractivity contribution in [2.24, 2.45) is 34.8 Å². The molecule has 410 valence electrons. The zero-order valence-corrected chi connectivity index (χ0v) is 42.1. The van der Waals surface area contributed by atoms with Crippen LogP contribution in [0.15, 0.2) is 24.3 Å². The summed E-state index contributed by atoms with van der Waals surface area (Å²) < 4.78 is 0. The van der Waals surface area contributed by atoms with Gasteiger partial charge in [0, 0.05) is 13.0 Å². The lowest BCUT2D eigenvalue weighted by Gasteiger charge is -2.30. The molecule has 1 aliphatic rings. The molecule has 0 spiro atoms. The van der Waals surface area contributed by atoms with Gasteiger partial charge in [-0.15, -0.1) is 0 Å². The normalized spacial score (nSPS) is 17.0. The quantitative estimate of drug-likeness (QED) is 0.0295. The lowest BCUT2D eigenvalue weighted by molar-refractivity contribution is -0.144. The molecule has 1 aromatic rings. The lowest BCUT2D eigenvalue weighted by atomic mass is 9.98. The van der Waals surface area contributed by atoms with Gasteiger partial charge < -0.3 is 85.5 Å². The number of aliphatic hydroxyl groups excluding tert-OH is 2. The third-order valence-electron chi connectivity index (χ3n) is 12.4. The van der Waals surface area contributed by atoms with E-state index in [9.17, 15) is 68.4 Å². The highest BCUT2D eigenvalue weighted by atomic mass is 16.4. The largest absolute Gasteiger partial charge is 0.508 e. The number of carbonyl (C=O) groups excluding carboxylic acids is 9. The number of nitrogens with zero attached hydrogens (tertiary/aromatic N) is 1. The summed E-state index contributed by atoms with van der Waals surface area (Å²) in [5, 5.41) is 57.2. The number of carboxylic acids is 1. The number of benzene rings is 1. The van der Waals surface area contributed by atoms with Gasteiger partial charge in [-0.1, -0.05) is 52.7 Å². The average Bonchev–Trinajstić information content (AvgIpc) is 3.85. The van der Waals surface area contributed by atoms with Gasteiger partial charge in [0.25, 0.3) is 0 Å². The second-order valence-corrected chi connectivity index (χ2v) is 18.5. The van der Waals surface area contributed by atoms with E-state index in [-0.39, 0.29) is 50.9 Å². The zero-order chi connectivity index (χ0) is 54.9. The predicted octanol–water partition coefficient (Wildman–Crippen LogP) is -4.45. The van der Waals surface area contributed by atoms with Crippen LogP contribution in [0.4, 0.5) is 0 Å². The second-order valence-electron chi connectivity index (χ2n) is 18.5. The molecular weight excluding hydrogens is 957 g/mol. The first-order valence-electron chi connectivity index (χ1n) is 24.6. The number of nitrogens with one attached hydrogen (secondary N) is 7. The summed E-state index contributed by atoms with van der Waals surface area (Å²) in [6.45, 7) is 5.17. The summed E-state index contributed by atoms with van der Waals surface area (Å²) in [7, 11) is 0. The Morgan fingerprint density at radius 3 is 1.73 bits per heavy atom. The van der Waals surface area contributed by atoms with Crippen LogP contribution in [0.5, 0.6) is 5.75 Å². The molecule has 0 aromatic heterocycles. The minimum atomic E-state index is -1.78. The van der Waals surface area contributed by atoms with Crippen LogP contribution >= 0.6 is 0 Å². The van der Waals surface area contributed by atoms with Crippen molar-refractivity contribution in [1.29, 1.82) is 0 Å². The van der Waals surface area contributed by atoms with Crippen molar-refractivity contribution < 1.29 is 68.4 Å². The number of rotatable bonds is 33. The molecule has 1 saturated heterocycles. The smallest absolute Gasteiger partial charge is 0.326 e. The van der Waals surface area contributed by atoms with Gasteiger partial charge in [0.15, 0.2) is 0 Å². The van der Waals surface area contributed by atoms with Crippen LogP contribution in [-0.2, 0) is 54.4 Å². The monoisotopic (exact) mass is 1030 g/mol. The van der Waals surface area contributed by atoms with E-state index in [2.05, 4.69) is 37.2 Å². The van der Waals surface area contributed by atoms with E-state index in [0.29, 0.717) is 44.2 Å². The highest BCUT2D eigenvalue weighted by Crippen LogP contribution is 2.20. The topological polar surface area (TPSA) is 443 Å². The number of aliphatic hydroxyl groups is 2. The number of nitrogens with two attached hydrogens (primary N) is 4. The van der Waals surface area contributed by atoms with Crippen molar-refractivity contribution in [2.45, 2.75) is 153 Å². The van der Waals surface area contributed by atoms with Crippen LogP contribution < -0.4 is 60.2 Å². The molecule has 10 atom stereocenters. The van der Waals surface area contributed by atoms with Crippen LogP contribution in [0.25, 0.3) is 0 Å². The fourth-order valence-electron chi connectivity index (χ4n) is 7.85. The number of aliphatic carboxylic acids is 1. The lowest BCUT2D eigenvalue weighted by Crippen LogP contribution is -2.62. The molecule has 26 heteroatoms. The highest BCUT2D eigenvalue weighted by Gasteiger charge is 2.40. The van der Waals surface area contributed by atoms with Crippen molar-refractivity contribution in [3.8, 4) is 5.75 Å². The van der Waals surface area contributed by atoms with Crippen LogP contribution in [0.1, 0.15) is 97.5 Å². The Hall–Kier alpha value is -6.48. The number of primary amides is 1. The van der Waals surface area contributed by atoms with Crippen LogP contribution in [0, 0.1) is 11.8 Å². The van der Waals surface area contributed by atoms with E-state index < -0.39 is 145 Å². The zero-order valence-electron chi connectivity index (χ0n) is 42.1. The average molecular weight is 1040 g/mol. The summed E-state index contributed by atoms with van der Waals surface area (Å²) >= 11 is 0. The Balaban J connectivity index is 2.25. The van der Waals surface area contributed by atoms with E-state index in [1.165, 1.54) is 24.3 Å². The number of likely N-dealkylation sites (tertiary alicyclic amines) is 1. The number of aromatic hydroxyl groups is 1. The summed E-state index contributed by atoms with van der Waals surface area (Å²) in [6, 6.07) is -6.88. The fourth-order valence-corrected chi connectivity index (χ4v) is 7.85. The predicted molar refractivity (Wildman–Crippen MR) is 264 cm³/mol. The van der Waals surface area contributed by atoms with Gasteiger partial charge in [-0.25, -0.2) is 4.79 Å². The number of carbonyl (C=O) groups is 10. The molecule has 2 rings (SSSR count). The van der Waals surface area contributed by atoms with Crippen molar-refractivity contribution in [2.75, 3.05) is 32.8 Å². The molecule has 1 heterocycles. The molecule has 9 amide bonds. The maximum Gasteiger partial charge on any atom is 0.326 e. The highest BCUT2D eigenvalue weighted by molar-refractivity contribution is 5.99. The first-order valence-corrected chi connectivity index (χ1v) is 24.6. The second kappa shape index (κ2) is 31.9. The first kappa shape index (κ1) is 62.6. The Bertz CT molecular complexity index is 2030. The van der Waals surface area contributed by atoms with E-state index in [1.54, 1.807) is 27.7 Å². The molecule has 19 N–H and O–H groups in total. The number of phenolic OH excluding ortho intramolecular Hbond substituents is 1. The molecular formula is C47H78N12O14. The van der Waals surface area contributed by atoms with Gasteiger partial charge >= 0.3 is 5.97 Å². The van der Waals surface area contributed by atoms with Gasteiger partial charge in [0.2, 0.25) is 53.2 Å². The standard InChI is InChI=1S/C47H78N12O14/c1-5-26(4)38(47(72)73)58-40(65)30(12-7-9-19-49)52-45(70)37(25(2)3)57-42(67)32(22-36(51)63)54-43(68)33(23-60)55-44(69)35-13-10-20-59(35)46(71)34(24-61)56-41(66)31(21-27-14-16-28(62)17-15-27)53-39(64)29(50)11-6-8-18-48/h14-17,25-26,29-35,37-38,60-62H,5-13,18-24,48-50H2,1-4H3,(H2,51,63)(H,52,70)(H,53,64)(H,54,68)(H,55,69)(H,56,66)(H,57,67)(H,58,65)(H,72,73)/t26-,29-,30-,31-,32-,33-,34-,35-,37-,38-/m0/s1. The fraction of sp³-hybridized carbons (Fsp3) is 0.660. The molecule has 0 saturated carbocycles. The number of amides is 9. The molecule has 0 aliphatic carbocycles. The number of unbranched alkanes of at least 4 members (excludes halogenated alkanes) is 2. The van der Waals surface area contributed by atoms with Crippen LogP contribution in [0.2, 0.25) is 0 Å². The van der Waals surface area contributed by atoms with Crippen LogP contribution in [-0.4, -0.2) is 172 Å². The number of phenols is 1. The molecule has 26 nitrogen and oxygen atoms in total. The SMILES string of the molecule is CC[C@H](C)[C@H](NC(=O)[C@H](CCCCN)NC(=O)[C@@H](NC(=O)[C@H](CC(N)=O)NC(=O)[C@H](CO)NC(=O)[C@@H]1CCCN1C(=O)[C@H](CO)NC(=O)[C@H](Cc1ccc(O)cc1)NC(=O)[C@@H](N)CCCCN)C(C)C)C(=O)O. The van der Waals surface area contributed by atoms with E-state index in [1.807, 2.05) is 0 Å². The van der Waals surface area contributed by atoms with Crippen molar-refractivity contribution in [3.05, 3.63) is 29.8 Å². The molecule has 1 fully saturated rings. The first-order chi connectivity index (χ1) is 34.5. The van der Waals surface area contributed by atoms with Crippen molar-refractivity contribution in [3.63, 3.8) is 0 Å². The minimum absolute atomic E-state index is 0.0317. The molecule has 73 heavy (non-hydrogen) atoms. The molecule has 1 aromatic carbocycles. The Morgan fingerprint density at radius 2 is 1.18 bits per heavy atom. The molecule has 0 unspecified atom stereocenters. The van der Waals surface area contributed by atoms with Gasteiger partial charge in [-0.05, 0) is 87.6 Å². The van der Waals surface area contributed by atoms with E-state index >= 15 is 0 Å². The van der Waals surface area contributed by atoms with Gasteiger partial charge in [0.1, 0.15) is 54.1 Å². The molecule has 0 bridgehead atoms. The van der Waals surface area contributed by atoms with Gasteiger partial charge in [0.05, 0.1) is 25.7 Å². The minimum Gasteiger partial charge on any atom is -0.508 e. The summed E-state index contributed by atoms with van der Waals surface area (Å²) in [4.78, 5) is 134. The van der Waals surface area contributed by atoms with E-state index in [4.69, 9.17) is 22.9 Å². The Morgan fingerprint density at radius 1 is 0.658 bits per heavy atom. The Labute approximate surface area is 424 Å². The number of hydrogen-bond donors (Lipinski definition) is 15. The van der Waals surface area contributed by atoms with Gasteiger partial charge in [-0.2, -0.15) is 0 Å². The summed E-state index contributed by atoms with van der Waals surface area (Å²) in [6.07, 6.45) is 2.16. The molecule has 0 radical (unpaired) electrons. The summed E-state index contributed by atoms with van der Waals surface area (Å²) in [5.74, 6) is -10.8. The Kier molecular flexibility index (Phi) is 27.3. The maximum absolute atomic E-state index is 13.9. The number of hydrogen-bond acceptors (Lipinski definition) is 16. The van der Waals surface area contributed by atoms with E-state index in [0.717, 1.165) is 4.90 Å². The summed E-state index contributed by atoms with van der Waals surface area (Å²) in [5.41, 5.74) is 23.2. The third kappa shape index (κ3) is 20.5.